The molecule has 20 heavy (non-hydrogen) atoms. The van der Waals surface area contributed by atoms with Crippen molar-refractivity contribution in [3.05, 3.63) is 35.9 Å². The molecule has 0 saturated heterocycles. The topological polar surface area (TPSA) is 75.3 Å². The van der Waals surface area contributed by atoms with Crippen LogP contribution in [0.15, 0.2) is 30.3 Å². The third-order valence-electron chi connectivity index (χ3n) is 2.67. The number of nitrogens with one attached hydrogen (secondary N) is 2. The van der Waals surface area contributed by atoms with Gasteiger partial charge in [0.05, 0.1) is 6.04 Å². The lowest BCUT2D eigenvalue weighted by Crippen LogP contribution is -2.46. The summed E-state index contributed by atoms with van der Waals surface area (Å²) in [4.78, 5) is 35.2. The van der Waals surface area contributed by atoms with Gasteiger partial charge in [-0.25, -0.2) is 0 Å². The summed E-state index contributed by atoms with van der Waals surface area (Å²) in [6.07, 6.45) is 0. The lowest BCUT2D eigenvalue weighted by Gasteiger charge is -2.13. The Labute approximate surface area is 118 Å². The van der Waals surface area contributed by atoms with Gasteiger partial charge in [-0.05, 0) is 25.0 Å². The molecule has 0 fully saturated rings. The molecular formula is C15H20N2O3. The maximum absolute atomic E-state index is 11.9. The van der Waals surface area contributed by atoms with Crippen LogP contribution < -0.4 is 10.6 Å². The van der Waals surface area contributed by atoms with E-state index < -0.39 is 17.7 Å². The number of carbonyl (C=O) groups is 3. The first-order valence-electron chi connectivity index (χ1n) is 6.59. The summed E-state index contributed by atoms with van der Waals surface area (Å²) in [7, 11) is 0. The van der Waals surface area contributed by atoms with Gasteiger partial charge in [-0.1, -0.05) is 32.0 Å². The van der Waals surface area contributed by atoms with Crippen molar-refractivity contribution in [2.75, 3.05) is 6.54 Å². The zero-order chi connectivity index (χ0) is 15.1. The van der Waals surface area contributed by atoms with Gasteiger partial charge in [0, 0.05) is 12.1 Å². The third-order valence-corrected chi connectivity index (χ3v) is 2.67. The van der Waals surface area contributed by atoms with E-state index in [-0.39, 0.29) is 11.8 Å². The molecule has 1 aromatic carbocycles. The summed E-state index contributed by atoms with van der Waals surface area (Å²) < 4.78 is 0. The Morgan fingerprint density at radius 1 is 1.05 bits per heavy atom. The number of hydrogen-bond donors (Lipinski definition) is 2. The fraction of sp³-hybridized carbons (Fsp3) is 0.400. The number of Topliss-reactive ketones (excluding diaryl/α,β-unsaturated/α-hetero) is 1. The molecule has 0 bridgehead atoms. The van der Waals surface area contributed by atoms with Gasteiger partial charge >= 0.3 is 0 Å². The van der Waals surface area contributed by atoms with Crippen LogP contribution in [-0.2, 0) is 9.59 Å². The van der Waals surface area contributed by atoms with E-state index in [1.165, 1.54) is 6.92 Å². The zero-order valence-electron chi connectivity index (χ0n) is 12.0. The van der Waals surface area contributed by atoms with Crippen molar-refractivity contribution in [2.24, 2.45) is 5.92 Å². The minimum absolute atomic E-state index is 0.265. The van der Waals surface area contributed by atoms with Crippen molar-refractivity contribution >= 4 is 17.6 Å². The molecule has 0 aromatic heterocycles. The molecule has 0 spiro atoms. The zero-order valence-corrected chi connectivity index (χ0v) is 12.0. The minimum Gasteiger partial charge on any atom is -0.349 e. The van der Waals surface area contributed by atoms with Crippen molar-refractivity contribution in [3.8, 4) is 0 Å². The van der Waals surface area contributed by atoms with E-state index in [0.29, 0.717) is 12.1 Å². The predicted molar refractivity (Wildman–Crippen MR) is 76.2 cm³/mol. The molecule has 0 radical (unpaired) electrons. The highest BCUT2D eigenvalue weighted by molar-refractivity contribution is 6.38. The highest BCUT2D eigenvalue weighted by Gasteiger charge is 2.23. The van der Waals surface area contributed by atoms with E-state index in [1.807, 2.05) is 13.8 Å². The minimum atomic E-state index is -0.852. The van der Waals surface area contributed by atoms with Crippen molar-refractivity contribution in [1.29, 1.82) is 0 Å². The fourth-order valence-electron chi connectivity index (χ4n) is 1.52. The molecule has 0 aliphatic heterocycles. The van der Waals surface area contributed by atoms with Gasteiger partial charge in [0.2, 0.25) is 5.78 Å². The lowest BCUT2D eigenvalue weighted by atomic mass is 10.1. The quantitative estimate of drug-likeness (QED) is 0.765. The number of ketones is 1. The first kappa shape index (κ1) is 15.9. The summed E-state index contributed by atoms with van der Waals surface area (Å²) in [5.41, 5.74) is 0.453. The van der Waals surface area contributed by atoms with Crippen molar-refractivity contribution in [3.63, 3.8) is 0 Å². The Kier molecular flexibility index (Phi) is 5.90. The smallest absolute Gasteiger partial charge is 0.289 e. The summed E-state index contributed by atoms with van der Waals surface area (Å²) in [6.45, 7) is 5.80. The van der Waals surface area contributed by atoms with Crippen LogP contribution in [0.25, 0.3) is 0 Å². The van der Waals surface area contributed by atoms with Crippen LogP contribution in [0.4, 0.5) is 0 Å². The van der Waals surface area contributed by atoms with Gasteiger partial charge in [-0.3, -0.25) is 14.4 Å². The molecule has 0 aliphatic rings. The maximum Gasteiger partial charge on any atom is 0.289 e. The van der Waals surface area contributed by atoms with E-state index >= 15 is 0 Å². The van der Waals surface area contributed by atoms with E-state index in [4.69, 9.17) is 0 Å². The molecule has 2 amide bonds. The van der Waals surface area contributed by atoms with Crippen molar-refractivity contribution in [2.45, 2.75) is 26.8 Å². The van der Waals surface area contributed by atoms with Gasteiger partial charge < -0.3 is 10.6 Å². The van der Waals surface area contributed by atoms with Crippen molar-refractivity contribution < 1.29 is 14.4 Å². The molecule has 108 valence electrons. The Balaban J connectivity index is 2.53. The molecule has 5 nitrogen and oxygen atoms in total. The average Bonchev–Trinajstić information content (AvgIpc) is 2.44. The standard InChI is InChI=1S/C15H20N2O3/c1-10(2)9-16-15(20)13(18)11(3)17-14(19)12-7-5-4-6-8-12/h4-8,10-11H,9H2,1-3H3,(H,16,20)(H,17,19). The second-order valence-electron chi connectivity index (χ2n) is 5.03. The van der Waals surface area contributed by atoms with E-state index in [0.717, 1.165) is 0 Å². The highest BCUT2D eigenvalue weighted by Crippen LogP contribution is 1.99. The normalized spacial score (nSPS) is 11.8. The summed E-state index contributed by atoms with van der Waals surface area (Å²) in [5.74, 6) is -1.42. The Bertz CT molecular complexity index is 483. The molecule has 0 heterocycles. The molecule has 2 N–H and O–H groups in total. The van der Waals surface area contributed by atoms with Gasteiger partial charge in [0.25, 0.3) is 11.8 Å². The van der Waals surface area contributed by atoms with Gasteiger partial charge in [-0.15, -0.1) is 0 Å². The first-order valence-corrected chi connectivity index (χ1v) is 6.59. The third kappa shape index (κ3) is 4.84. The largest absolute Gasteiger partial charge is 0.349 e. The summed E-state index contributed by atoms with van der Waals surface area (Å²) in [5, 5.41) is 5.05. The van der Waals surface area contributed by atoms with Crippen LogP contribution in [0.5, 0.6) is 0 Å². The van der Waals surface area contributed by atoms with Crippen molar-refractivity contribution in [1.82, 2.24) is 10.6 Å². The highest BCUT2D eigenvalue weighted by atomic mass is 16.2. The Hall–Kier alpha value is -2.17. The summed E-state index contributed by atoms with van der Waals surface area (Å²) in [6, 6.07) is 7.70. The van der Waals surface area contributed by atoms with Gasteiger partial charge in [-0.2, -0.15) is 0 Å². The Morgan fingerprint density at radius 3 is 2.20 bits per heavy atom. The molecule has 1 unspecified atom stereocenters. The number of hydrogen-bond acceptors (Lipinski definition) is 3. The van der Waals surface area contributed by atoms with E-state index in [2.05, 4.69) is 10.6 Å². The van der Waals surface area contributed by atoms with Crippen LogP contribution in [0.2, 0.25) is 0 Å². The average molecular weight is 276 g/mol. The lowest BCUT2D eigenvalue weighted by molar-refractivity contribution is -0.138. The number of carbonyl (C=O) groups excluding carboxylic acids is 3. The number of rotatable bonds is 6. The van der Waals surface area contributed by atoms with Crippen LogP contribution in [-0.4, -0.2) is 30.2 Å². The molecule has 0 saturated carbocycles. The van der Waals surface area contributed by atoms with E-state index in [1.54, 1.807) is 30.3 Å². The first-order chi connectivity index (χ1) is 9.41. The SMILES string of the molecule is CC(C)CNC(=O)C(=O)C(C)NC(=O)c1ccccc1. The molecule has 0 aliphatic carbocycles. The van der Waals surface area contributed by atoms with Crippen LogP contribution in [0.1, 0.15) is 31.1 Å². The number of benzene rings is 1. The second kappa shape index (κ2) is 7.43. The maximum atomic E-state index is 11.9. The van der Waals surface area contributed by atoms with Crippen LogP contribution >= 0.6 is 0 Å². The Morgan fingerprint density at radius 2 is 1.65 bits per heavy atom. The van der Waals surface area contributed by atoms with E-state index in [9.17, 15) is 14.4 Å². The molecule has 1 rings (SSSR count). The van der Waals surface area contributed by atoms with Gasteiger partial charge in [0.15, 0.2) is 0 Å². The molecule has 1 aromatic rings. The molecular weight excluding hydrogens is 256 g/mol. The van der Waals surface area contributed by atoms with Crippen LogP contribution in [0, 0.1) is 5.92 Å². The summed E-state index contributed by atoms with van der Waals surface area (Å²) >= 11 is 0. The van der Waals surface area contributed by atoms with Gasteiger partial charge in [0.1, 0.15) is 0 Å². The van der Waals surface area contributed by atoms with Crippen LogP contribution in [0.3, 0.4) is 0 Å². The monoisotopic (exact) mass is 276 g/mol. The second-order valence-corrected chi connectivity index (χ2v) is 5.03. The fourth-order valence-corrected chi connectivity index (χ4v) is 1.52. The predicted octanol–water partition coefficient (Wildman–Crippen LogP) is 1.15. The molecule has 1 atom stereocenters. The molecule has 5 heteroatoms. The number of amides is 2.